The van der Waals surface area contributed by atoms with E-state index in [2.05, 4.69) is 10.3 Å². The van der Waals surface area contributed by atoms with Crippen molar-refractivity contribution in [3.63, 3.8) is 0 Å². The zero-order valence-electron chi connectivity index (χ0n) is 8.82. The minimum Gasteiger partial charge on any atom is -0.481 e. The zero-order chi connectivity index (χ0) is 11.8. The second-order valence-electron chi connectivity index (χ2n) is 4.04. The van der Waals surface area contributed by atoms with Crippen LogP contribution >= 0.6 is 11.3 Å². The van der Waals surface area contributed by atoms with Gasteiger partial charge in [0.1, 0.15) is 4.88 Å². The topological polar surface area (TPSA) is 79.3 Å². The smallest absolute Gasteiger partial charge is 0.311 e. The molecular weight excluding hydrogens is 228 g/mol. The van der Waals surface area contributed by atoms with Gasteiger partial charge >= 0.3 is 5.97 Å². The Morgan fingerprint density at radius 3 is 2.75 bits per heavy atom. The highest BCUT2D eigenvalue weighted by molar-refractivity contribution is 7.11. The van der Waals surface area contributed by atoms with Gasteiger partial charge in [-0.1, -0.05) is 0 Å². The normalized spacial score (nSPS) is 16.8. The summed E-state index contributed by atoms with van der Waals surface area (Å²) in [5.41, 5.74) is 1.57. The van der Waals surface area contributed by atoms with Crippen LogP contribution in [0.1, 0.15) is 28.2 Å². The van der Waals surface area contributed by atoms with Gasteiger partial charge in [0.2, 0.25) is 0 Å². The molecule has 0 aliphatic heterocycles. The molecule has 16 heavy (non-hydrogen) atoms. The number of carbonyl (C=O) groups is 2. The molecule has 5 nitrogen and oxygen atoms in total. The molecule has 86 valence electrons. The van der Waals surface area contributed by atoms with Crippen LogP contribution in [-0.2, 0) is 4.79 Å². The number of thiazole rings is 1. The van der Waals surface area contributed by atoms with Crippen molar-refractivity contribution in [2.75, 3.05) is 6.54 Å². The van der Waals surface area contributed by atoms with Crippen LogP contribution in [0.5, 0.6) is 0 Å². The number of aromatic nitrogens is 1. The molecule has 0 radical (unpaired) electrons. The van der Waals surface area contributed by atoms with E-state index in [-0.39, 0.29) is 12.5 Å². The first-order chi connectivity index (χ1) is 7.55. The van der Waals surface area contributed by atoms with Gasteiger partial charge in [0, 0.05) is 6.54 Å². The van der Waals surface area contributed by atoms with E-state index in [4.69, 9.17) is 5.11 Å². The fourth-order valence-corrected chi connectivity index (χ4v) is 2.19. The molecular formula is C10H12N2O3S. The van der Waals surface area contributed by atoms with Crippen LogP contribution in [-0.4, -0.2) is 28.5 Å². The van der Waals surface area contributed by atoms with Crippen LogP contribution in [0, 0.1) is 12.3 Å². The molecule has 0 bridgehead atoms. The Balaban J connectivity index is 1.95. The van der Waals surface area contributed by atoms with Crippen molar-refractivity contribution in [1.82, 2.24) is 10.3 Å². The highest BCUT2D eigenvalue weighted by Crippen LogP contribution is 2.45. The molecule has 0 aromatic carbocycles. The van der Waals surface area contributed by atoms with Gasteiger partial charge < -0.3 is 10.4 Å². The van der Waals surface area contributed by atoms with E-state index in [1.165, 1.54) is 11.3 Å². The Kier molecular flexibility index (Phi) is 2.67. The highest BCUT2D eigenvalue weighted by Gasteiger charge is 2.50. The van der Waals surface area contributed by atoms with Gasteiger partial charge in [0.15, 0.2) is 0 Å². The minimum absolute atomic E-state index is 0.207. The molecule has 1 fully saturated rings. The van der Waals surface area contributed by atoms with Gasteiger partial charge in [-0.25, -0.2) is 4.98 Å². The summed E-state index contributed by atoms with van der Waals surface area (Å²) in [6.07, 6.45) is 1.29. The van der Waals surface area contributed by atoms with Gasteiger partial charge in [-0.2, -0.15) is 0 Å². The van der Waals surface area contributed by atoms with Crippen LogP contribution in [0.2, 0.25) is 0 Å². The minimum atomic E-state index is -0.825. The van der Waals surface area contributed by atoms with Crippen molar-refractivity contribution >= 4 is 23.2 Å². The largest absolute Gasteiger partial charge is 0.481 e. The maximum atomic E-state index is 11.7. The lowest BCUT2D eigenvalue weighted by Crippen LogP contribution is -2.34. The predicted octanol–water partition coefficient (Wildman–Crippen LogP) is 1.05. The molecule has 6 heteroatoms. The Labute approximate surface area is 96.5 Å². The lowest BCUT2D eigenvalue weighted by molar-refractivity contribution is -0.143. The number of nitrogens with one attached hydrogen (secondary N) is 1. The number of hydrogen-bond acceptors (Lipinski definition) is 4. The third-order valence-corrected chi connectivity index (χ3v) is 3.77. The summed E-state index contributed by atoms with van der Waals surface area (Å²) in [6, 6.07) is 0. The van der Waals surface area contributed by atoms with Crippen LogP contribution in [0.15, 0.2) is 5.51 Å². The second-order valence-corrected chi connectivity index (χ2v) is 4.89. The van der Waals surface area contributed by atoms with Crippen molar-refractivity contribution in [3.8, 4) is 0 Å². The Morgan fingerprint density at radius 1 is 1.62 bits per heavy atom. The Bertz CT molecular complexity index is 437. The summed E-state index contributed by atoms with van der Waals surface area (Å²) >= 11 is 1.27. The summed E-state index contributed by atoms with van der Waals surface area (Å²) in [5.74, 6) is -1.05. The van der Waals surface area contributed by atoms with Gasteiger partial charge in [-0.3, -0.25) is 9.59 Å². The third kappa shape index (κ3) is 1.92. The average molecular weight is 240 g/mol. The van der Waals surface area contributed by atoms with Crippen molar-refractivity contribution < 1.29 is 14.7 Å². The van der Waals surface area contributed by atoms with Gasteiger partial charge in [-0.05, 0) is 19.8 Å². The first kappa shape index (κ1) is 11.1. The summed E-state index contributed by atoms with van der Waals surface area (Å²) in [6.45, 7) is 1.97. The van der Waals surface area contributed by atoms with Crippen molar-refractivity contribution in [1.29, 1.82) is 0 Å². The number of carboxylic acid groups (broad SMARTS) is 1. The highest BCUT2D eigenvalue weighted by atomic mass is 32.1. The van der Waals surface area contributed by atoms with Gasteiger partial charge in [0.05, 0.1) is 16.6 Å². The summed E-state index contributed by atoms with van der Waals surface area (Å²) in [7, 11) is 0. The predicted molar refractivity (Wildman–Crippen MR) is 58.5 cm³/mol. The fraction of sp³-hybridized carbons (Fsp3) is 0.500. The van der Waals surface area contributed by atoms with Crippen LogP contribution in [0.3, 0.4) is 0 Å². The number of rotatable bonds is 4. The molecule has 1 heterocycles. The van der Waals surface area contributed by atoms with Gasteiger partial charge in [-0.15, -0.1) is 11.3 Å². The van der Waals surface area contributed by atoms with Crippen LogP contribution in [0.4, 0.5) is 0 Å². The van der Waals surface area contributed by atoms with E-state index in [1.54, 1.807) is 12.4 Å². The van der Waals surface area contributed by atoms with Crippen molar-refractivity contribution in [2.24, 2.45) is 5.41 Å². The molecule has 1 aromatic heterocycles. The SMILES string of the molecule is Cc1ncsc1C(=O)NCC1(C(=O)O)CC1. The molecule has 2 N–H and O–H groups in total. The molecule has 1 saturated carbocycles. The van der Waals surface area contributed by atoms with E-state index in [0.29, 0.717) is 23.4 Å². The van der Waals surface area contributed by atoms with E-state index in [0.717, 1.165) is 0 Å². The lowest BCUT2D eigenvalue weighted by atomic mass is 10.1. The summed E-state index contributed by atoms with van der Waals surface area (Å²) in [4.78, 5) is 27.1. The van der Waals surface area contributed by atoms with E-state index in [1.807, 2.05) is 0 Å². The Hall–Kier alpha value is -1.43. The molecule has 0 atom stereocenters. The van der Waals surface area contributed by atoms with E-state index >= 15 is 0 Å². The zero-order valence-corrected chi connectivity index (χ0v) is 9.63. The molecule has 1 aliphatic carbocycles. The molecule has 0 saturated heterocycles. The molecule has 1 amide bonds. The summed E-state index contributed by atoms with van der Waals surface area (Å²) in [5, 5.41) is 11.6. The van der Waals surface area contributed by atoms with E-state index < -0.39 is 11.4 Å². The average Bonchev–Trinajstić information content (AvgIpc) is 2.92. The Morgan fingerprint density at radius 2 is 2.31 bits per heavy atom. The van der Waals surface area contributed by atoms with Crippen LogP contribution < -0.4 is 5.32 Å². The first-order valence-corrected chi connectivity index (χ1v) is 5.85. The summed E-state index contributed by atoms with van der Waals surface area (Å²) < 4.78 is 0. The van der Waals surface area contributed by atoms with E-state index in [9.17, 15) is 9.59 Å². The molecule has 0 spiro atoms. The molecule has 1 aromatic rings. The number of hydrogen-bond donors (Lipinski definition) is 2. The molecule has 1 aliphatic rings. The number of amides is 1. The molecule has 0 unspecified atom stereocenters. The number of carboxylic acids is 1. The van der Waals surface area contributed by atoms with Crippen molar-refractivity contribution in [3.05, 3.63) is 16.1 Å². The quantitative estimate of drug-likeness (QED) is 0.824. The van der Waals surface area contributed by atoms with Crippen LogP contribution in [0.25, 0.3) is 0 Å². The first-order valence-electron chi connectivity index (χ1n) is 4.97. The van der Waals surface area contributed by atoms with Crippen molar-refractivity contribution in [2.45, 2.75) is 19.8 Å². The maximum Gasteiger partial charge on any atom is 0.311 e. The molecule has 2 rings (SSSR count). The maximum absolute atomic E-state index is 11.7. The number of nitrogens with zero attached hydrogens (tertiary/aromatic N) is 1. The lowest BCUT2D eigenvalue weighted by Gasteiger charge is -2.10. The third-order valence-electron chi connectivity index (χ3n) is 2.85. The number of aryl methyl sites for hydroxylation is 1. The monoisotopic (exact) mass is 240 g/mol. The van der Waals surface area contributed by atoms with Gasteiger partial charge in [0.25, 0.3) is 5.91 Å². The fourth-order valence-electron chi connectivity index (χ4n) is 1.47. The standard InChI is InChI=1S/C10H12N2O3S/c1-6-7(16-5-12-6)8(13)11-4-10(2-3-10)9(14)15/h5H,2-4H2,1H3,(H,11,13)(H,14,15). The number of carbonyl (C=O) groups excluding carboxylic acids is 1. The number of aliphatic carboxylic acids is 1. The second kappa shape index (κ2) is 3.86.